The van der Waals surface area contributed by atoms with E-state index in [1.165, 1.54) is 5.19 Å². The van der Waals surface area contributed by atoms with Gasteiger partial charge in [0.25, 0.3) is 0 Å². The van der Waals surface area contributed by atoms with Gasteiger partial charge in [-0.2, -0.15) is 0 Å². The Balaban J connectivity index is 2.69. The molecule has 0 amide bonds. The molecule has 3 heteroatoms. The van der Waals surface area contributed by atoms with Crippen LogP contribution in [0.4, 0.5) is 0 Å². The molecular weight excluding hydrogens is 212 g/mol. The summed E-state index contributed by atoms with van der Waals surface area (Å²) in [6.07, 6.45) is 0. The zero-order valence-electron chi connectivity index (χ0n) is 9.01. The van der Waals surface area contributed by atoms with Crippen molar-refractivity contribution in [3.63, 3.8) is 0 Å². The van der Waals surface area contributed by atoms with Gasteiger partial charge in [-0.05, 0) is 12.1 Å². The van der Waals surface area contributed by atoms with Gasteiger partial charge in [-0.15, -0.1) is 11.6 Å². The van der Waals surface area contributed by atoms with Crippen molar-refractivity contribution < 1.29 is 4.74 Å². The first-order valence-electron chi connectivity index (χ1n) is 4.83. The maximum atomic E-state index is 5.54. The summed E-state index contributed by atoms with van der Waals surface area (Å²) in [6, 6.07) is 8.38. The maximum absolute atomic E-state index is 5.54. The predicted molar refractivity (Wildman–Crippen MR) is 65.6 cm³/mol. The predicted octanol–water partition coefficient (Wildman–Crippen LogP) is 2.85. The first-order chi connectivity index (χ1) is 6.54. The molecule has 0 bridgehead atoms. The molecule has 0 fully saturated rings. The van der Waals surface area contributed by atoms with Crippen molar-refractivity contribution in [2.45, 2.75) is 19.6 Å². The van der Waals surface area contributed by atoms with Crippen LogP contribution < -0.4 is 9.92 Å². The SMILES string of the molecule is C[Si](C)(C)c1ccc(OCCCl)cc1. The summed E-state index contributed by atoms with van der Waals surface area (Å²) in [5, 5.41) is 1.45. The largest absolute Gasteiger partial charge is 0.492 e. The van der Waals surface area contributed by atoms with Crippen molar-refractivity contribution in [2.24, 2.45) is 0 Å². The number of hydrogen-bond acceptors (Lipinski definition) is 1. The van der Waals surface area contributed by atoms with E-state index in [2.05, 4.69) is 31.8 Å². The molecule has 0 saturated carbocycles. The minimum absolute atomic E-state index is 0.537. The molecule has 0 aromatic heterocycles. The van der Waals surface area contributed by atoms with Crippen LogP contribution in [-0.2, 0) is 0 Å². The first kappa shape index (κ1) is 11.6. The Kier molecular flexibility index (Phi) is 4.02. The average molecular weight is 229 g/mol. The number of benzene rings is 1. The summed E-state index contributed by atoms with van der Waals surface area (Å²) in [4.78, 5) is 0. The molecule has 0 radical (unpaired) electrons. The van der Waals surface area contributed by atoms with Crippen molar-refractivity contribution >= 4 is 24.9 Å². The molecule has 14 heavy (non-hydrogen) atoms. The molecule has 1 aromatic carbocycles. The quantitative estimate of drug-likeness (QED) is 0.569. The summed E-state index contributed by atoms with van der Waals surface area (Å²) in [5.74, 6) is 1.45. The summed E-state index contributed by atoms with van der Waals surface area (Å²) >= 11 is 5.54. The molecule has 1 aromatic rings. The molecule has 0 saturated heterocycles. The highest BCUT2D eigenvalue weighted by Gasteiger charge is 2.15. The van der Waals surface area contributed by atoms with Gasteiger partial charge in [-0.1, -0.05) is 37.0 Å². The highest BCUT2D eigenvalue weighted by molar-refractivity contribution is 6.88. The number of ether oxygens (including phenoxy) is 1. The molecule has 1 nitrogen and oxygen atoms in total. The van der Waals surface area contributed by atoms with E-state index in [9.17, 15) is 0 Å². The maximum Gasteiger partial charge on any atom is 0.119 e. The van der Waals surface area contributed by atoms with Gasteiger partial charge in [0.1, 0.15) is 12.4 Å². The second-order valence-electron chi connectivity index (χ2n) is 4.31. The molecule has 0 aliphatic carbocycles. The molecule has 0 aliphatic heterocycles. The van der Waals surface area contributed by atoms with E-state index in [1.54, 1.807) is 0 Å². The smallest absolute Gasteiger partial charge is 0.119 e. The Hall–Kier alpha value is -0.473. The lowest BCUT2D eigenvalue weighted by atomic mass is 10.3. The van der Waals surface area contributed by atoms with Crippen LogP contribution >= 0.6 is 11.6 Å². The van der Waals surface area contributed by atoms with Gasteiger partial charge in [0.15, 0.2) is 0 Å². The third kappa shape index (κ3) is 3.35. The van der Waals surface area contributed by atoms with Crippen LogP contribution in [0.1, 0.15) is 0 Å². The summed E-state index contributed by atoms with van der Waals surface area (Å²) in [6.45, 7) is 7.58. The first-order valence-corrected chi connectivity index (χ1v) is 8.87. The standard InChI is InChI=1S/C11H17ClOSi/c1-14(2,3)11-6-4-10(5-7-11)13-9-8-12/h4-7H,8-9H2,1-3H3. The molecule has 1 rings (SSSR count). The lowest BCUT2D eigenvalue weighted by molar-refractivity contribution is 0.343. The Morgan fingerprint density at radius 2 is 1.71 bits per heavy atom. The zero-order chi connectivity index (χ0) is 10.6. The highest BCUT2D eigenvalue weighted by atomic mass is 35.5. The lowest BCUT2D eigenvalue weighted by Gasteiger charge is -2.16. The number of hydrogen-bond donors (Lipinski definition) is 0. The average Bonchev–Trinajstić information content (AvgIpc) is 2.14. The van der Waals surface area contributed by atoms with E-state index in [0.717, 1.165) is 5.75 Å². The van der Waals surface area contributed by atoms with E-state index in [0.29, 0.717) is 12.5 Å². The van der Waals surface area contributed by atoms with E-state index < -0.39 is 8.07 Å². The Morgan fingerprint density at radius 3 is 2.14 bits per heavy atom. The normalized spacial score (nSPS) is 11.4. The fraction of sp³-hybridized carbons (Fsp3) is 0.455. The van der Waals surface area contributed by atoms with Crippen molar-refractivity contribution in [3.05, 3.63) is 24.3 Å². The lowest BCUT2D eigenvalue weighted by Crippen LogP contribution is -2.37. The van der Waals surface area contributed by atoms with E-state index in [-0.39, 0.29) is 0 Å². The zero-order valence-corrected chi connectivity index (χ0v) is 10.8. The van der Waals surface area contributed by atoms with Gasteiger partial charge in [-0.3, -0.25) is 0 Å². The van der Waals surface area contributed by atoms with E-state index in [1.807, 2.05) is 12.1 Å². The number of rotatable bonds is 4. The van der Waals surface area contributed by atoms with Crippen LogP contribution in [0.25, 0.3) is 0 Å². The molecule has 0 aliphatic rings. The minimum Gasteiger partial charge on any atom is -0.492 e. The van der Waals surface area contributed by atoms with Gasteiger partial charge < -0.3 is 4.74 Å². The molecule has 0 N–H and O–H groups in total. The van der Waals surface area contributed by atoms with E-state index in [4.69, 9.17) is 16.3 Å². The second-order valence-corrected chi connectivity index (χ2v) is 9.77. The Morgan fingerprint density at radius 1 is 1.14 bits per heavy atom. The number of halogens is 1. The minimum atomic E-state index is -1.17. The van der Waals surface area contributed by atoms with Gasteiger partial charge in [0.05, 0.1) is 14.0 Å². The topological polar surface area (TPSA) is 9.23 Å². The van der Waals surface area contributed by atoms with Gasteiger partial charge in [0.2, 0.25) is 0 Å². The van der Waals surface area contributed by atoms with Gasteiger partial charge in [-0.25, -0.2) is 0 Å². The Labute approximate surface area is 92.1 Å². The van der Waals surface area contributed by atoms with Crippen molar-refractivity contribution in [1.29, 1.82) is 0 Å². The summed E-state index contributed by atoms with van der Waals surface area (Å²) in [7, 11) is -1.17. The van der Waals surface area contributed by atoms with Crippen molar-refractivity contribution in [2.75, 3.05) is 12.5 Å². The Bertz CT molecular complexity index is 276. The monoisotopic (exact) mass is 228 g/mol. The van der Waals surface area contributed by atoms with Gasteiger partial charge >= 0.3 is 0 Å². The summed E-state index contributed by atoms with van der Waals surface area (Å²) < 4.78 is 5.41. The molecular formula is C11H17ClOSi. The van der Waals surface area contributed by atoms with Crippen molar-refractivity contribution in [1.82, 2.24) is 0 Å². The number of alkyl halides is 1. The van der Waals surface area contributed by atoms with Crippen LogP contribution in [-0.4, -0.2) is 20.6 Å². The van der Waals surface area contributed by atoms with Crippen LogP contribution in [0, 0.1) is 0 Å². The van der Waals surface area contributed by atoms with Crippen LogP contribution in [0.5, 0.6) is 5.75 Å². The second kappa shape index (κ2) is 4.85. The fourth-order valence-electron chi connectivity index (χ4n) is 1.21. The molecule has 78 valence electrons. The molecule has 0 spiro atoms. The van der Waals surface area contributed by atoms with Crippen LogP contribution in [0.15, 0.2) is 24.3 Å². The highest BCUT2D eigenvalue weighted by Crippen LogP contribution is 2.10. The van der Waals surface area contributed by atoms with Crippen LogP contribution in [0.3, 0.4) is 0 Å². The fourth-order valence-corrected chi connectivity index (χ4v) is 2.45. The molecule has 0 atom stereocenters. The van der Waals surface area contributed by atoms with E-state index >= 15 is 0 Å². The third-order valence-corrected chi connectivity index (χ3v) is 4.29. The molecule has 0 unspecified atom stereocenters. The van der Waals surface area contributed by atoms with Crippen LogP contribution in [0.2, 0.25) is 19.6 Å². The molecule has 0 heterocycles. The summed E-state index contributed by atoms with van der Waals surface area (Å²) in [5.41, 5.74) is 0. The third-order valence-electron chi connectivity index (χ3n) is 2.07. The van der Waals surface area contributed by atoms with Crippen molar-refractivity contribution in [3.8, 4) is 5.75 Å². The van der Waals surface area contributed by atoms with Gasteiger partial charge in [0, 0.05) is 0 Å².